The Kier molecular flexibility index (Phi) is 12.3. The molecule has 2 aliphatic heterocycles. The maximum Gasteiger partial charge on any atom is 0.364 e. The zero-order valence-corrected chi connectivity index (χ0v) is 22.1. The van der Waals surface area contributed by atoms with Gasteiger partial charge in [-0.25, -0.2) is 4.79 Å². The van der Waals surface area contributed by atoms with Crippen molar-refractivity contribution in [3.8, 4) is 0 Å². The molecule has 0 saturated carbocycles. The highest BCUT2D eigenvalue weighted by molar-refractivity contribution is 5.76. The third-order valence-corrected chi connectivity index (χ3v) is 6.50. The van der Waals surface area contributed by atoms with E-state index in [-0.39, 0.29) is 0 Å². The predicted octanol–water partition coefficient (Wildman–Crippen LogP) is -6.47. The standard InChI is InChI=1S/C22H37N3O16/c1-7(27)24-13-10(29)3-22(21(36)37,41-18(13)15(31)11(30)4-26)39-6-12-16(32)17(33)14(25-8(2)28)20(40-12)38-5-9(23)19(34)35/h9-18,20,26,29-33H,3-6,23H2,1-2H3,(H,24,27)(H,25,28)(H,34,35)(H,36,37)/t9?,10?,11?,12?,13?,14?,15?,16?,17?,18?,20?,22-/m1/s1. The van der Waals surface area contributed by atoms with Crippen LogP contribution in [0.15, 0.2) is 0 Å². The highest BCUT2D eigenvalue weighted by atomic mass is 16.7. The molecule has 0 bridgehead atoms. The van der Waals surface area contributed by atoms with Crippen molar-refractivity contribution in [2.75, 3.05) is 19.8 Å². The van der Waals surface area contributed by atoms with Crippen LogP contribution in [0.1, 0.15) is 20.3 Å². The summed E-state index contributed by atoms with van der Waals surface area (Å²) in [5.41, 5.74) is 5.42. The number of nitrogens with two attached hydrogens (primary N) is 1. The molecule has 11 unspecified atom stereocenters. The van der Waals surface area contributed by atoms with Gasteiger partial charge in [-0.05, 0) is 0 Å². The number of aliphatic carboxylic acids is 2. The second-order valence-electron chi connectivity index (χ2n) is 9.72. The van der Waals surface area contributed by atoms with Crippen LogP contribution in [0.5, 0.6) is 0 Å². The predicted molar refractivity (Wildman–Crippen MR) is 128 cm³/mol. The van der Waals surface area contributed by atoms with Crippen molar-refractivity contribution in [3.05, 3.63) is 0 Å². The summed E-state index contributed by atoms with van der Waals surface area (Å²) in [4.78, 5) is 46.6. The number of carboxylic acids is 2. The molecule has 41 heavy (non-hydrogen) atoms. The molecule has 2 amide bonds. The highest BCUT2D eigenvalue weighted by Gasteiger charge is 2.57. The Morgan fingerprint density at radius 2 is 1.61 bits per heavy atom. The summed E-state index contributed by atoms with van der Waals surface area (Å²) < 4.78 is 21.8. The number of hydrogen-bond acceptors (Lipinski definition) is 15. The van der Waals surface area contributed by atoms with Crippen molar-refractivity contribution in [2.45, 2.75) is 93.2 Å². The molecule has 2 fully saturated rings. The van der Waals surface area contributed by atoms with Crippen LogP contribution >= 0.6 is 0 Å². The van der Waals surface area contributed by atoms with E-state index < -0.39 is 123 Å². The quantitative estimate of drug-likeness (QED) is 0.0937. The summed E-state index contributed by atoms with van der Waals surface area (Å²) in [5.74, 6) is -7.43. The molecule has 0 aromatic rings. The molecule has 19 heteroatoms. The van der Waals surface area contributed by atoms with Crippen LogP contribution in [-0.4, -0.2) is 157 Å². The van der Waals surface area contributed by atoms with Crippen molar-refractivity contribution in [1.29, 1.82) is 0 Å². The van der Waals surface area contributed by atoms with Gasteiger partial charge in [0.1, 0.15) is 48.7 Å². The number of aliphatic hydroxyl groups excluding tert-OH is 6. The number of carbonyl (C=O) groups excluding carboxylic acids is 2. The van der Waals surface area contributed by atoms with Crippen molar-refractivity contribution in [1.82, 2.24) is 10.6 Å². The fourth-order valence-electron chi connectivity index (χ4n) is 4.36. The summed E-state index contributed by atoms with van der Waals surface area (Å²) in [7, 11) is 0. The van der Waals surface area contributed by atoms with Crippen molar-refractivity contribution in [2.24, 2.45) is 5.73 Å². The Morgan fingerprint density at radius 1 is 1.02 bits per heavy atom. The maximum atomic E-state index is 12.3. The first-order valence-corrected chi connectivity index (χ1v) is 12.4. The molecule has 0 radical (unpaired) electrons. The van der Waals surface area contributed by atoms with E-state index in [2.05, 4.69) is 10.6 Å². The second-order valence-corrected chi connectivity index (χ2v) is 9.72. The molecule has 12 atom stereocenters. The molecule has 0 aromatic heterocycles. The molecule has 2 heterocycles. The minimum Gasteiger partial charge on any atom is -0.480 e. The molecular formula is C22H37N3O16. The van der Waals surface area contributed by atoms with E-state index in [0.29, 0.717) is 0 Å². The van der Waals surface area contributed by atoms with Gasteiger partial charge >= 0.3 is 11.9 Å². The van der Waals surface area contributed by atoms with Crippen LogP contribution < -0.4 is 16.4 Å². The first-order valence-electron chi connectivity index (χ1n) is 12.4. The summed E-state index contributed by atoms with van der Waals surface area (Å²) in [6.45, 7) is -0.378. The van der Waals surface area contributed by atoms with E-state index in [9.17, 15) is 54.9 Å². The molecule has 0 spiro atoms. The van der Waals surface area contributed by atoms with Gasteiger partial charge in [-0.1, -0.05) is 0 Å². The minimum absolute atomic E-state index is 0.655. The average Bonchev–Trinajstić information content (AvgIpc) is 2.89. The van der Waals surface area contributed by atoms with Crippen LogP contribution in [-0.2, 0) is 38.1 Å². The fraction of sp³-hybridized carbons (Fsp3) is 0.818. The Labute approximate surface area is 232 Å². The van der Waals surface area contributed by atoms with Crippen LogP contribution in [0.2, 0.25) is 0 Å². The molecule has 0 aliphatic carbocycles. The van der Waals surface area contributed by atoms with Crippen LogP contribution in [0.25, 0.3) is 0 Å². The molecule has 0 aromatic carbocycles. The van der Waals surface area contributed by atoms with Gasteiger partial charge in [0.2, 0.25) is 11.8 Å². The number of ether oxygens (including phenoxy) is 4. The van der Waals surface area contributed by atoms with Gasteiger partial charge in [-0.3, -0.25) is 14.4 Å². The molecule has 19 nitrogen and oxygen atoms in total. The minimum atomic E-state index is -2.78. The van der Waals surface area contributed by atoms with E-state index in [1.54, 1.807) is 0 Å². The summed E-state index contributed by atoms with van der Waals surface area (Å²) in [6, 6.07) is -4.40. The Morgan fingerprint density at radius 3 is 2.12 bits per heavy atom. The lowest BCUT2D eigenvalue weighted by atomic mass is 9.88. The van der Waals surface area contributed by atoms with E-state index >= 15 is 0 Å². The zero-order chi connectivity index (χ0) is 31.2. The molecule has 2 aliphatic rings. The van der Waals surface area contributed by atoms with Crippen molar-refractivity contribution in [3.63, 3.8) is 0 Å². The van der Waals surface area contributed by atoms with Crippen LogP contribution in [0.3, 0.4) is 0 Å². The summed E-state index contributed by atoms with van der Waals surface area (Å²) in [5, 5.41) is 85.1. The van der Waals surface area contributed by atoms with Gasteiger partial charge in [-0.15, -0.1) is 0 Å². The van der Waals surface area contributed by atoms with Crippen LogP contribution in [0.4, 0.5) is 0 Å². The molecule has 2 saturated heterocycles. The topological polar surface area (TPSA) is 317 Å². The number of hydrogen-bond donors (Lipinski definition) is 11. The molecule has 236 valence electrons. The highest BCUT2D eigenvalue weighted by Crippen LogP contribution is 2.34. The summed E-state index contributed by atoms with van der Waals surface area (Å²) in [6.07, 6.45) is -15.2. The lowest BCUT2D eigenvalue weighted by molar-refractivity contribution is -0.330. The number of rotatable bonds is 13. The second kappa shape index (κ2) is 14.6. The van der Waals surface area contributed by atoms with Crippen molar-refractivity contribution < 1.29 is 79.0 Å². The normalized spacial score (nSPS) is 36.0. The lowest BCUT2D eigenvalue weighted by Gasteiger charge is -2.47. The Balaban J connectivity index is 2.31. The third-order valence-electron chi connectivity index (χ3n) is 6.50. The van der Waals surface area contributed by atoms with Gasteiger partial charge in [0.05, 0.1) is 32.0 Å². The monoisotopic (exact) mass is 599 g/mol. The maximum absolute atomic E-state index is 12.3. The number of carboxylic acid groups (broad SMARTS) is 2. The largest absolute Gasteiger partial charge is 0.480 e. The first kappa shape index (κ1) is 34.6. The Bertz CT molecular complexity index is 941. The van der Waals surface area contributed by atoms with Gasteiger partial charge in [0.15, 0.2) is 6.29 Å². The first-order chi connectivity index (χ1) is 19.0. The van der Waals surface area contributed by atoms with E-state index in [4.69, 9.17) is 29.8 Å². The van der Waals surface area contributed by atoms with Gasteiger partial charge in [0.25, 0.3) is 5.79 Å². The molecular weight excluding hydrogens is 562 g/mol. The zero-order valence-electron chi connectivity index (χ0n) is 22.1. The number of nitrogens with one attached hydrogen (secondary N) is 2. The summed E-state index contributed by atoms with van der Waals surface area (Å²) >= 11 is 0. The Hall–Kier alpha value is -2.56. The van der Waals surface area contributed by atoms with Gasteiger partial charge in [0, 0.05) is 20.3 Å². The molecule has 12 N–H and O–H groups in total. The number of aliphatic hydroxyl groups is 6. The van der Waals surface area contributed by atoms with Gasteiger partial charge in [-0.2, -0.15) is 0 Å². The van der Waals surface area contributed by atoms with E-state index in [1.165, 1.54) is 0 Å². The lowest BCUT2D eigenvalue weighted by Crippen LogP contribution is -2.69. The third kappa shape index (κ3) is 8.49. The van der Waals surface area contributed by atoms with Crippen LogP contribution in [0, 0.1) is 0 Å². The number of carbonyl (C=O) groups is 4. The SMILES string of the molecule is CC(=O)NC1C(OCC(N)C(=O)O)OC(CO[C@]2(C(=O)O)CC(O)C(NC(C)=O)C(C(O)C(O)CO)O2)C(O)C1O. The van der Waals surface area contributed by atoms with E-state index in [1.807, 2.05) is 0 Å². The molecule has 2 rings (SSSR count). The average molecular weight is 600 g/mol. The van der Waals surface area contributed by atoms with Gasteiger partial charge < -0.3 is 76.2 Å². The number of amides is 2. The van der Waals surface area contributed by atoms with Crippen molar-refractivity contribution >= 4 is 23.8 Å². The van der Waals surface area contributed by atoms with E-state index in [0.717, 1.165) is 13.8 Å². The smallest absolute Gasteiger partial charge is 0.364 e. The fourth-order valence-corrected chi connectivity index (χ4v) is 4.36.